The lowest BCUT2D eigenvalue weighted by molar-refractivity contribution is 0.557. The molecule has 78 valence electrons. The largest absolute Gasteiger partial charge is 0.131 e. The first-order valence-corrected chi connectivity index (χ1v) is 7.82. The minimum Gasteiger partial charge on any atom is -0.131 e. The summed E-state index contributed by atoms with van der Waals surface area (Å²) in [4.78, 5) is 1.93. The van der Waals surface area contributed by atoms with Crippen molar-refractivity contribution in [1.29, 1.82) is 0 Å². The number of hydrogen-bond donors (Lipinski definition) is 0. The second-order valence-corrected chi connectivity index (χ2v) is 8.71. The minimum atomic E-state index is 0.519. The molecular formula is C10H11Br3S. The summed E-state index contributed by atoms with van der Waals surface area (Å²) in [7, 11) is 0. The van der Waals surface area contributed by atoms with Crippen LogP contribution >= 0.6 is 59.1 Å². The number of rotatable bonds is 2. The van der Waals surface area contributed by atoms with Gasteiger partial charge in [-0.1, -0.05) is 29.8 Å². The van der Waals surface area contributed by atoms with Crippen LogP contribution in [0.1, 0.15) is 30.0 Å². The van der Waals surface area contributed by atoms with Crippen molar-refractivity contribution in [3.05, 3.63) is 19.2 Å². The van der Waals surface area contributed by atoms with Crippen molar-refractivity contribution in [3.63, 3.8) is 0 Å². The molecule has 1 fully saturated rings. The first kappa shape index (κ1) is 11.6. The highest BCUT2D eigenvalue weighted by molar-refractivity contribution is 9.13. The molecule has 1 aromatic rings. The van der Waals surface area contributed by atoms with Crippen LogP contribution in [-0.2, 0) is 0 Å². The Morgan fingerprint density at radius 2 is 2.07 bits per heavy atom. The molecule has 0 saturated heterocycles. The average molecular weight is 403 g/mol. The number of thiophene rings is 1. The van der Waals surface area contributed by atoms with Gasteiger partial charge in [0.2, 0.25) is 0 Å². The highest BCUT2D eigenvalue weighted by atomic mass is 79.9. The Morgan fingerprint density at radius 3 is 2.43 bits per heavy atom. The lowest BCUT2D eigenvalue weighted by Crippen LogP contribution is -1.96. The molecule has 0 amide bonds. The first-order chi connectivity index (χ1) is 6.42. The SMILES string of the molecule is CC1(C)CC1C(Br)c1cc(Br)c(Br)s1. The third-order valence-corrected chi connectivity index (χ3v) is 7.65. The fraction of sp³-hybridized carbons (Fsp3) is 0.600. The van der Waals surface area contributed by atoms with Crippen molar-refractivity contribution < 1.29 is 0 Å². The lowest BCUT2D eigenvalue weighted by Gasteiger charge is -2.08. The molecule has 0 radical (unpaired) electrons. The van der Waals surface area contributed by atoms with Crippen molar-refractivity contribution >= 4 is 59.1 Å². The van der Waals surface area contributed by atoms with Gasteiger partial charge in [0.05, 0.1) is 8.61 Å². The van der Waals surface area contributed by atoms with E-state index in [1.54, 1.807) is 0 Å². The maximum Gasteiger partial charge on any atom is 0.0843 e. The predicted octanol–water partition coefficient (Wildman–Crippen LogP) is 5.76. The fourth-order valence-corrected chi connectivity index (χ4v) is 5.15. The average Bonchev–Trinajstić information content (AvgIpc) is 2.59. The molecule has 0 aliphatic heterocycles. The summed E-state index contributed by atoms with van der Waals surface area (Å²) in [5.74, 6) is 0.792. The van der Waals surface area contributed by atoms with E-state index in [1.165, 1.54) is 19.6 Å². The molecule has 0 aromatic carbocycles. The van der Waals surface area contributed by atoms with Gasteiger partial charge in [-0.05, 0) is 55.7 Å². The Balaban J connectivity index is 2.16. The van der Waals surface area contributed by atoms with E-state index < -0.39 is 0 Å². The second-order valence-electron chi connectivity index (χ2n) is 4.47. The molecule has 1 aliphatic rings. The lowest BCUT2D eigenvalue weighted by atomic mass is 10.1. The Kier molecular flexibility index (Phi) is 3.21. The summed E-state index contributed by atoms with van der Waals surface area (Å²) in [5.41, 5.74) is 0.525. The highest BCUT2D eigenvalue weighted by Gasteiger charge is 2.50. The van der Waals surface area contributed by atoms with Crippen molar-refractivity contribution in [3.8, 4) is 0 Å². The molecule has 2 rings (SSSR count). The van der Waals surface area contributed by atoms with E-state index in [2.05, 4.69) is 67.7 Å². The third kappa shape index (κ3) is 2.13. The van der Waals surface area contributed by atoms with Crippen LogP contribution in [-0.4, -0.2) is 0 Å². The van der Waals surface area contributed by atoms with Gasteiger partial charge in [0.15, 0.2) is 0 Å². The summed E-state index contributed by atoms with van der Waals surface area (Å²) in [6.07, 6.45) is 1.33. The van der Waals surface area contributed by atoms with Gasteiger partial charge >= 0.3 is 0 Å². The summed E-state index contributed by atoms with van der Waals surface area (Å²) in [5, 5.41) is 0. The van der Waals surface area contributed by atoms with Crippen molar-refractivity contribution in [2.75, 3.05) is 0 Å². The van der Waals surface area contributed by atoms with Crippen LogP contribution in [0.25, 0.3) is 0 Å². The molecule has 2 atom stereocenters. The summed E-state index contributed by atoms with van der Waals surface area (Å²) in [6.45, 7) is 4.67. The van der Waals surface area contributed by atoms with Gasteiger partial charge in [-0.15, -0.1) is 11.3 Å². The zero-order chi connectivity index (χ0) is 10.5. The molecule has 0 spiro atoms. The normalized spacial score (nSPS) is 26.2. The van der Waals surface area contributed by atoms with Crippen LogP contribution in [0.15, 0.2) is 14.3 Å². The van der Waals surface area contributed by atoms with Gasteiger partial charge in [-0.3, -0.25) is 0 Å². The van der Waals surface area contributed by atoms with Gasteiger partial charge < -0.3 is 0 Å². The van der Waals surface area contributed by atoms with Crippen LogP contribution < -0.4 is 0 Å². The molecule has 0 nitrogen and oxygen atoms in total. The molecule has 2 unspecified atom stereocenters. The van der Waals surface area contributed by atoms with Crippen molar-refractivity contribution in [2.45, 2.75) is 25.1 Å². The Labute approximate surface area is 114 Å². The van der Waals surface area contributed by atoms with E-state index in [1.807, 2.05) is 11.3 Å². The maximum absolute atomic E-state index is 3.80. The van der Waals surface area contributed by atoms with Gasteiger partial charge in [0.25, 0.3) is 0 Å². The van der Waals surface area contributed by atoms with Crippen molar-refractivity contribution in [1.82, 2.24) is 0 Å². The van der Waals surface area contributed by atoms with Gasteiger partial charge in [-0.25, -0.2) is 0 Å². The third-order valence-electron chi connectivity index (χ3n) is 2.88. The van der Waals surface area contributed by atoms with E-state index in [-0.39, 0.29) is 0 Å². The molecule has 1 aromatic heterocycles. The summed E-state index contributed by atoms with van der Waals surface area (Å²) in [6, 6.07) is 2.21. The molecule has 1 aliphatic carbocycles. The van der Waals surface area contributed by atoms with E-state index >= 15 is 0 Å². The Hall–Kier alpha value is 1.14. The van der Waals surface area contributed by atoms with Crippen LogP contribution in [0.4, 0.5) is 0 Å². The molecular weight excluding hydrogens is 392 g/mol. The van der Waals surface area contributed by atoms with E-state index in [4.69, 9.17) is 0 Å². The van der Waals surface area contributed by atoms with E-state index in [0.717, 1.165) is 5.92 Å². The van der Waals surface area contributed by atoms with Crippen molar-refractivity contribution in [2.24, 2.45) is 11.3 Å². The Bertz CT molecular complexity index is 337. The van der Waals surface area contributed by atoms with Gasteiger partial charge in [0, 0.05) is 9.35 Å². The number of halogens is 3. The molecule has 4 heteroatoms. The number of hydrogen-bond acceptors (Lipinski definition) is 1. The minimum absolute atomic E-state index is 0.519. The zero-order valence-electron chi connectivity index (χ0n) is 7.98. The summed E-state index contributed by atoms with van der Waals surface area (Å²) < 4.78 is 2.36. The molecule has 0 N–H and O–H groups in total. The predicted molar refractivity (Wildman–Crippen MR) is 73.3 cm³/mol. The second kappa shape index (κ2) is 3.86. The zero-order valence-corrected chi connectivity index (χ0v) is 13.6. The molecule has 0 bridgehead atoms. The summed E-state index contributed by atoms with van der Waals surface area (Å²) >= 11 is 12.7. The van der Waals surface area contributed by atoms with Crippen LogP contribution in [0.3, 0.4) is 0 Å². The van der Waals surface area contributed by atoms with Gasteiger partial charge in [0.1, 0.15) is 0 Å². The molecule has 14 heavy (non-hydrogen) atoms. The smallest absolute Gasteiger partial charge is 0.0843 e. The fourth-order valence-electron chi connectivity index (χ4n) is 1.70. The maximum atomic E-state index is 3.80. The highest BCUT2D eigenvalue weighted by Crippen LogP contribution is 2.61. The standard InChI is InChI=1S/C10H11Br3S/c1-10(2)4-5(10)8(12)7-3-6(11)9(13)14-7/h3,5,8H,4H2,1-2H3. The van der Waals surface area contributed by atoms with Crippen LogP contribution in [0.2, 0.25) is 0 Å². The monoisotopic (exact) mass is 400 g/mol. The Morgan fingerprint density at radius 1 is 1.50 bits per heavy atom. The van der Waals surface area contributed by atoms with Crippen LogP contribution in [0, 0.1) is 11.3 Å². The number of alkyl halides is 1. The first-order valence-electron chi connectivity index (χ1n) is 4.50. The molecule has 1 saturated carbocycles. The van der Waals surface area contributed by atoms with E-state index in [9.17, 15) is 0 Å². The molecule has 1 heterocycles. The topological polar surface area (TPSA) is 0 Å². The van der Waals surface area contributed by atoms with E-state index in [0.29, 0.717) is 10.2 Å². The quantitative estimate of drug-likeness (QED) is 0.552. The van der Waals surface area contributed by atoms with Gasteiger partial charge in [-0.2, -0.15) is 0 Å². The van der Waals surface area contributed by atoms with Crippen LogP contribution in [0.5, 0.6) is 0 Å².